The van der Waals surface area contributed by atoms with E-state index in [1.54, 1.807) is 6.92 Å². The van der Waals surface area contributed by atoms with E-state index < -0.39 is 17.7 Å². The van der Waals surface area contributed by atoms with Crippen LogP contribution in [0.5, 0.6) is 0 Å². The van der Waals surface area contributed by atoms with Crippen molar-refractivity contribution >= 4 is 5.97 Å². The Balaban J connectivity index is 1.94. The van der Waals surface area contributed by atoms with E-state index in [9.17, 15) is 23.1 Å². The minimum absolute atomic E-state index is 0.0955. The molecule has 1 N–H and O–H groups in total. The van der Waals surface area contributed by atoms with Crippen molar-refractivity contribution in [3.05, 3.63) is 46.6 Å². The highest BCUT2D eigenvalue weighted by Gasteiger charge is 2.30. The van der Waals surface area contributed by atoms with Gasteiger partial charge >= 0.3 is 12.1 Å². The second-order valence-corrected chi connectivity index (χ2v) is 7.35. The lowest BCUT2D eigenvalue weighted by atomic mass is 9.90. The largest absolute Gasteiger partial charge is 0.478 e. The second kappa shape index (κ2) is 7.87. The normalized spacial score (nSPS) is 18.2. The van der Waals surface area contributed by atoms with E-state index in [1.807, 2.05) is 7.05 Å². The van der Waals surface area contributed by atoms with Gasteiger partial charge in [-0.05, 0) is 63.4 Å². The molecule has 1 saturated heterocycles. The molecule has 0 saturated carbocycles. The number of aromatic nitrogens is 2. The monoisotopic (exact) mass is 393 g/mol. The van der Waals surface area contributed by atoms with Crippen LogP contribution in [0.4, 0.5) is 13.2 Å². The Labute approximate surface area is 161 Å². The Bertz CT molecular complexity index is 866. The summed E-state index contributed by atoms with van der Waals surface area (Å²) < 4.78 is 38.3. The number of piperidine rings is 1. The number of hydrogen-bond donors (Lipinski definition) is 1. The van der Waals surface area contributed by atoms with Gasteiger partial charge in [-0.3, -0.25) is 0 Å². The predicted octanol–water partition coefficient (Wildman–Crippen LogP) is 4.05. The molecule has 0 spiro atoms. The van der Waals surface area contributed by atoms with Crippen molar-refractivity contribution in [1.29, 1.82) is 0 Å². The fourth-order valence-electron chi connectivity index (χ4n) is 3.80. The van der Waals surface area contributed by atoms with Gasteiger partial charge in [0.15, 0.2) is 0 Å². The number of carboxylic acids is 1. The van der Waals surface area contributed by atoms with Crippen LogP contribution in [0, 0.1) is 12.8 Å². The van der Waals surface area contributed by atoms with Crippen molar-refractivity contribution in [2.24, 2.45) is 5.92 Å². The van der Waals surface area contributed by atoms with Crippen LogP contribution in [0.3, 0.4) is 0 Å². The second-order valence-electron chi connectivity index (χ2n) is 7.35. The first-order valence-corrected chi connectivity index (χ1v) is 9.12. The zero-order valence-electron chi connectivity index (χ0n) is 15.8. The Hall–Kier alpha value is -2.48. The van der Waals surface area contributed by atoms with Crippen LogP contribution in [0.1, 0.15) is 40.0 Å². The van der Waals surface area contributed by atoms with E-state index in [0.717, 1.165) is 38.1 Å². The van der Waals surface area contributed by atoms with Gasteiger partial charge in [-0.2, -0.15) is 18.3 Å². The highest BCUT2D eigenvalue weighted by atomic mass is 19.4. The van der Waals surface area contributed by atoms with Gasteiger partial charge in [0.25, 0.3) is 0 Å². The number of aromatic carboxylic acids is 1. The van der Waals surface area contributed by atoms with Crippen LogP contribution >= 0.6 is 0 Å². The van der Waals surface area contributed by atoms with Crippen LogP contribution in [-0.2, 0) is 12.6 Å². The van der Waals surface area contributed by atoms with Crippen molar-refractivity contribution in [2.45, 2.75) is 32.4 Å². The lowest BCUT2D eigenvalue weighted by molar-refractivity contribution is -0.137. The number of hydrogen-bond acceptors (Lipinski definition) is 4. The molecule has 1 aromatic carbocycles. The first-order valence-electron chi connectivity index (χ1n) is 9.12. The van der Waals surface area contributed by atoms with Gasteiger partial charge in [-0.1, -0.05) is 12.1 Å². The molecule has 8 heteroatoms. The molecule has 0 amide bonds. The van der Waals surface area contributed by atoms with Gasteiger partial charge in [-0.25, -0.2) is 4.79 Å². The minimum Gasteiger partial charge on any atom is -0.478 e. The number of halogens is 3. The highest BCUT2D eigenvalue weighted by Crippen LogP contribution is 2.32. The number of benzene rings is 1. The summed E-state index contributed by atoms with van der Waals surface area (Å²) in [5.74, 6) is -0.790. The third kappa shape index (κ3) is 4.32. The molecule has 3 rings (SSSR count). The quantitative estimate of drug-likeness (QED) is 0.849. The minimum atomic E-state index is -4.43. The predicted molar refractivity (Wildman–Crippen MR) is 98.1 cm³/mol. The SMILES string of the molecule is Cc1c(-c2ccc(C(F)(F)F)cc2)nnc(CC2CCCN(C)C2)c1C(=O)O. The lowest BCUT2D eigenvalue weighted by Gasteiger charge is -2.29. The summed E-state index contributed by atoms with van der Waals surface area (Å²) in [7, 11) is 2.04. The van der Waals surface area contributed by atoms with Crippen LogP contribution < -0.4 is 0 Å². The van der Waals surface area contributed by atoms with E-state index >= 15 is 0 Å². The van der Waals surface area contributed by atoms with Crippen molar-refractivity contribution in [2.75, 3.05) is 20.1 Å². The van der Waals surface area contributed by atoms with Gasteiger partial charge in [0.05, 0.1) is 22.5 Å². The topological polar surface area (TPSA) is 66.3 Å². The summed E-state index contributed by atoms with van der Waals surface area (Å²) in [5, 5.41) is 18.0. The van der Waals surface area contributed by atoms with Crippen LogP contribution in [-0.4, -0.2) is 46.3 Å². The third-order valence-electron chi connectivity index (χ3n) is 5.19. The van der Waals surface area contributed by atoms with Crippen LogP contribution in [0.2, 0.25) is 0 Å². The van der Waals surface area contributed by atoms with E-state index in [-0.39, 0.29) is 11.3 Å². The number of alkyl halides is 3. The molecule has 2 heterocycles. The smallest absolute Gasteiger partial charge is 0.416 e. The van der Waals surface area contributed by atoms with Crippen molar-refractivity contribution in [3.8, 4) is 11.3 Å². The Morgan fingerprint density at radius 2 is 1.93 bits per heavy atom. The fraction of sp³-hybridized carbons (Fsp3) is 0.450. The Morgan fingerprint density at radius 1 is 1.25 bits per heavy atom. The summed E-state index contributed by atoms with van der Waals surface area (Å²) in [6, 6.07) is 4.51. The van der Waals surface area contributed by atoms with Gasteiger partial charge < -0.3 is 10.0 Å². The van der Waals surface area contributed by atoms with Gasteiger partial charge in [0.1, 0.15) is 0 Å². The summed E-state index contributed by atoms with van der Waals surface area (Å²) in [6.07, 6.45) is -1.85. The molecule has 0 radical (unpaired) electrons. The zero-order valence-corrected chi connectivity index (χ0v) is 15.8. The first-order chi connectivity index (χ1) is 13.2. The Morgan fingerprint density at radius 3 is 2.50 bits per heavy atom. The maximum absolute atomic E-state index is 12.8. The summed E-state index contributed by atoms with van der Waals surface area (Å²) in [6.45, 7) is 3.53. The molecule has 5 nitrogen and oxygen atoms in total. The standard InChI is InChI=1S/C20H22F3N3O2/c1-12-17(19(27)28)16(10-13-4-3-9-26(2)11-13)24-25-18(12)14-5-7-15(8-6-14)20(21,22)23/h5-8,13H,3-4,9-11H2,1-2H3,(H,27,28). The number of carbonyl (C=O) groups is 1. The molecule has 0 aliphatic carbocycles. The van der Waals surface area contributed by atoms with Crippen molar-refractivity contribution in [1.82, 2.24) is 15.1 Å². The fourth-order valence-corrected chi connectivity index (χ4v) is 3.80. The van der Waals surface area contributed by atoms with Crippen LogP contribution in [0.15, 0.2) is 24.3 Å². The van der Waals surface area contributed by atoms with E-state index in [4.69, 9.17) is 0 Å². The lowest BCUT2D eigenvalue weighted by Crippen LogP contribution is -2.33. The number of carboxylic acid groups (broad SMARTS) is 1. The molecular weight excluding hydrogens is 371 g/mol. The average molecular weight is 393 g/mol. The molecule has 1 aliphatic heterocycles. The maximum atomic E-state index is 12.8. The molecule has 1 aliphatic rings. The van der Waals surface area contributed by atoms with Gasteiger partial charge in [0, 0.05) is 12.1 Å². The highest BCUT2D eigenvalue weighted by molar-refractivity contribution is 5.92. The molecular formula is C20H22F3N3O2. The van der Waals surface area contributed by atoms with Crippen LogP contribution in [0.25, 0.3) is 11.3 Å². The van der Waals surface area contributed by atoms with E-state index in [1.165, 1.54) is 12.1 Å². The number of rotatable bonds is 4. The molecule has 1 atom stereocenters. The summed E-state index contributed by atoms with van der Waals surface area (Å²) in [4.78, 5) is 14.1. The van der Waals surface area contributed by atoms with Crippen molar-refractivity contribution in [3.63, 3.8) is 0 Å². The van der Waals surface area contributed by atoms with Crippen molar-refractivity contribution < 1.29 is 23.1 Å². The maximum Gasteiger partial charge on any atom is 0.416 e. The Kier molecular flexibility index (Phi) is 5.69. The molecule has 1 unspecified atom stereocenters. The van der Waals surface area contributed by atoms with E-state index in [0.29, 0.717) is 29.2 Å². The zero-order chi connectivity index (χ0) is 20.5. The number of likely N-dealkylation sites (tertiary alicyclic amines) is 1. The summed E-state index contributed by atoms with van der Waals surface area (Å²) >= 11 is 0. The molecule has 1 fully saturated rings. The molecule has 0 bridgehead atoms. The molecule has 2 aromatic rings. The first kappa shape index (κ1) is 20.3. The van der Waals surface area contributed by atoms with E-state index in [2.05, 4.69) is 15.1 Å². The number of nitrogens with zero attached hydrogens (tertiary/aromatic N) is 3. The third-order valence-corrected chi connectivity index (χ3v) is 5.19. The average Bonchev–Trinajstić information content (AvgIpc) is 2.61. The molecule has 150 valence electrons. The molecule has 1 aromatic heterocycles. The van der Waals surface area contributed by atoms with Gasteiger partial charge in [0.2, 0.25) is 0 Å². The molecule has 28 heavy (non-hydrogen) atoms. The summed E-state index contributed by atoms with van der Waals surface area (Å²) in [5.41, 5.74) is 0.874. The van der Waals surface area contributed by atoms with Gasteiger partial charge in [-0.15, -0.1) is 5.10 Å².